The molecular formula is C19H22N2O3. The van der Waals surface area contributed by atoms with Crippen LogP contribution in [0.25, 0.3) is 10.8 Å². The van der Waals surface area contributed by atoms with Gasteiger partial charge in [-0.1, -0.05) is 42.5 Å². The highest BCUT2D eigenvalue weighted by Crippen LogP contribution is 2.16. The van der Waals surface area contributed by atoms with Gasteiger partial charge in [0, 0.05) is 26.1 Å². The number of aliphatic hydroxyl groups is 1. The number of hydrogen-bond donors (Lipinski definition) is 2. The molecular weight excluding hydrogens is 304 g/mol. The smallest absolute Gasteiger partial charge is 0.224 e. The lowest BCUT2D eigenvalue weighted by molar-refractivity contribution is -0.128. The minimum atomic E-state index is -0.729. The van der Waals surface area contributed by atoms with Crippen molar-refractivity contribution in [1.29, 1.82) is 0 Å². The summed E-state index contributed by atoms with van der Waals surface area (Å²) >= 11 is 0. The summed E-state index contributed by atoms with van der Waals surface area (Å²) in [5.41, 5.74) is 0.940. The van der Waals surface area contributed by atoms with E-state index in [0.717, 1.165) is 22.8 Å². The molecule has 0 aromatic heterocycles. The van der Waals surface area contributed by atoms with E-state index in [4.69, 9.17) is 0 Å². The SMILES string of the molecule is O=C(Cc1ccc2ccccc2c1)NCC(O)CN1CCCC1=O. The third-order valence-corrected chi connectivity index (χ3v) is 4.32. The van der Waals surface area contributed by atoms with Crippen molar-refractivity contribution in [1.82, 2.24) is 10.2 Å². The fraction of sp³-hybridized carbons (Fsp3) is 0.368. The van der Waals surface area contributed by atoms with E-state index in [-0.39, 0.29) is 31.3 Å². The maximum Gasteiger partial charge on any atom is 0.224 e. The molecule has 0 aliphatic carbocycles. The zero-order valence-electron chi connectivity index (χ0n) is 13.6. The Balaban J connectivity index is 1.48. The first-order valence-corrected chi connectivity index (χ1v) is 8.32. The van der Waals surface area contributed by atoms with Crippen molar-refractivity contribution < 1.29 is 14.7 Å². The van der Waals surface area contributed by atoms with Crippen molar-refractivity contribution in [3.8, 4) is 0 Å². The molecule has 0 saturated carbocycles. The Labute approximate surface area is 141 Å². The minimum Gasteiger partial charge on any atom is -0.389 e. The molecule has 1 aliphatic heterocycles. The highest BCUT2D eigenvalue weighted by atomic mass is 16.3. The number of β-amino-alcohol motifs (C(OH)–C–C–N with tert-alkyl or cyclic N) is 1. The summed E-state index contributed by atoms with van der Waals surface area (Å²) in [4.78, 5) is 25.2. The van der Waals surface area contributed by atoms with Crippen LogP contribution in [0.2, 0.25) is 0 Å². The Morgan fingerprint density at radius 3 is 2.75 bits per heavy atom. The number of rotatable bonds is 6. The number of nitrogens with one attached hydrogen (secondary N) is 1. The standard InChI is InChI=1S/C19H22N2O3/c22-17(13-21-9-3-6-19(21)24)12-20-18(23)11-14-7-8-15-4-1-2-5-16(15)10-14/h1-2,4-5,7-8,10,17,22H,3,6,9,11-13H2,(H,20,23). The number of carbonyl (C=O) groups is 2. The molecule has 2 N–H and O–H groups in total. The second-order valence-corrected chi connectivity index (χ2v) is 6.26. The number of fused-ring (bicyclic) bond motifs is 1. The quantitative estimate of drug-likeness (QED) is 0.845. The van der Waals surface area contributed by atoms with Gasteiger partial charge in [0.15, 0.2) is 0 Å². The predicted octanol–water partition coefficient (Wildman–Crippen LogP) is 1.48. The number of hydrogen-bond acceptors (Lipinski definition) is 3. The van der Waals surface area contributed by atoms with Crippen LogP contribution >= 0.6 is 0 Å². The number of amides is 2. The van der Waals surface area contributed by atoms with Crippen molar-refractivity contribution in [3.63, 3.8) is 0 Å². The van der Waals surface area contributed by atoms with E-state index >= 15 is 0 Å². The van der Waals surface area contributed by atoms with Gasteiger partial charge in [0.2, 0.25) is 11.8 Å². The molecule has 1 aliphatic rings. The van der Waals surface area contributed by atoms with Crippen LogP contribution in [0.5, 0.6) is 0 Å². The van der Waals surface area contributed by atoms with E-state index in [9.17, 15) is 14.7 Å². The van der Waals surface area contributed by atoms with Gasteiger partial charge >= 0.3 is 0 Å². The van der Waals surface area contributed by atoms with E-state index in [1.54, 1.807) is 4.90 Å². The van der Waals surface area contributed by atoms with Gasteiger partial charge in [-0.25, -0.2) is 0 Å². The van der Waals surface area contributed by atoms with E-state index in [1.165, 1.54) is 0 Å². The molecule has 1 heterocycles. The molecule has 0 spiro atoms. The number of carbonyl (C=O) groups excluding carboxylic acids is 2. The Bertz CT molecular complexity index is 744. The highest BCUT2D eigenvalue weighted by molar-refractivity contribution is 5.85. The first-order valence-electron chi connectivity index (χ1n) is 8.32. The third-order valence-electron chi connectivity index (χ3n) is 4.32. The summed E-state index contributed by atoms with van der Waals surface area (Å²) in [6, 6.07) is 14.0. The minimum absolute atomic E-state index is 0.0801. The molecule has 0 radical (unpaired) electrons. The lowest BCUT2D eigenvalue weighted by Gasteiger charge is -2.20. The number of likely N-dealkylation sites (tertiary alicyclic amines) is 1. The maximum atomic E-state index is 12.1. The number of aliphatic hydroxyl groups excluding tert-OH is 1. The van der Waals surface area contributed by atoms with E-state index in [2.05, 4.69) is 5.32 Å². The van der Waals surface area contributed by atoms with Gasteiger partial charge in [-0.05, 0) is 22.8 Å². The summed E-state index contributed by atoms with van der Waals surface area (Å²) < 4.78 is 0. The summed E-state index contributed by atoms with van der Waals surface area (Å²) in [5, 5.41) is 15.0. The van der Waals surface area contributed by atoms with Crippen LogP contribution in [0.15, 0.2) is 42.5 Å². The summed E-state index contributed by atoms with van der Waals surface area (Å²) in [7, 11) is 0. The van der Waals surface area contributed by atoms with Crippen molar-refractivity contribution >= 4 is 22.6 Å². The molecule has 2 aromatic rings. The number of benzene rings is 2. The van der Waals surface area contributed by atoms with Crippen molar-refractivity contribution in [3.05, 3.63) is 48.0 Å². The lowest BCUT2D eigenvalue weighted by atomic mass is 10.0. The molecule has 5 heteroatoms. The Morgan fingerprint density at radius 1 is 1.21 bits per heavy atom. The van der Waals surface area contributed by atoms with Crippen LogP contribution in [-0.2, 0) is 16.0 Å². The van der Waals surface area contributed by atoms with E-state index in [1.807, 2.05) is 42.5 Å². The van der Waals surface area contributed by atoms with Crippen LogP contribution < -0.4 is 5.32 Å². The highest BCUT2D eigenvalue weighted by Gasteiger charge is 2.22. The molecule has 24 heavy (non-hydrogen) atoms. The molecule has 1 atom stereocenters. The molecule has 3 rings (SSSR count). The molecule has 1 unspecified atom stereocenters. The average Bonchev–Trinajstić information content (AvgIpc) is 2.98. The molecule has 126 valence electrons. The van der Waals surface area contributed by atoms with Gasteiger partial charge in [0.25, 0.3) is 0 Å². The average molecular weight is 326 g/mol. The first kappa shape index (κ1) is 16.5. The summed E-state index contributed by atoms with van der Waals surface area (Å²) in [6.45, 7) is 1.15. The molecule has 2 amide bonds. The monoisotopic (exact) mass is 326 g/mol. The van der Waals surface area contributed by atoms with Gasteiger partial charge in [0.1, 0.15) is 0 Å². The van der Waals surface area contributed by atoms with Crippen LogP contribution in [0.3, 0.4) is 0 Å². The predicted molar refractivity (Wildman–Crippen MR) is 92.5 cm³/mol. The van der Waals surface area contributed by atoms with Crippen molar-refractivity contribution in [2.45, 2.75) is 25.4 Å². The van der Waals surface area contributed by atoms with Crippen LogP contribution in [0.1, 0.15) is 18.4 Å². The second kappa shape index (κ2) is 7.45. The zero-order valence-corrected chi connectivity index (χ0v) is 13.6. The van der Waals surface area contributed by atoms with Crippen molar-refractivity contribution in [2.75, 3.05) is 19.6 Å². The molecule has 1 fully saturated rings. The fourth-order valence-electron chi connectivity index (χ4n) is 3.04. The zero-order chi connectivity index (χ0) is 16.9. The largest absolute Gasteiger partial charge is 0.389 e. The molecule has 0 bridgehead atoms. The van der Waals surface area contributed by atoms with Gasteiger partial charge in [-0.3, -0.25) is 9.59 Å². The Morgan fingerprint density at radius 2 is 2.00 bits per heavy atom. The van der Waals surface area contributed by atoms with E-state index < -0.39 is 6.10 Å². The van der Waals surface area contributed by atoms with Crippen LogP contribution in [0.4, 0.5) is 0 Å². The van der Waals surface area contributed by atoms with Gasteiger partial charge < -0.3 is 15.3 Å². The third kappa shape index (κ3) is 4.11. The first-order chi connectivity index (χ1) is 11.6. The summed E-state index contributed by atoms with van der Waals surface area (Å²) in [6.07, 6.45) is 0.953. The van der Waals surface area contributed by atoms with Crippen LogP contribution in [-0.4, -0.2) is 47.6 Å². The summed E-state index contributed by atoms with van der Waals surface area (Å²) in [5.74, 6) is -0.0476. The topological polar surface area (TPSA) is 69.6 Å². The molecule has 2 aromatic carbocycles. The normalized spacial score (nSPS) is 15.7. The van der Waals surface area contributed by atoms with Crippen molar-refractivity contribution in [2.24, 2.45) is 0 Å². The maximum absolute atomic E-state index is 12.1. The van der Waals surface area contributed by atoms with Gasteiger partial charge in [-0.15, -0.1) is 0 Å². The van der Waals surface area contributed by atoms with Crippen LogP contribution in [0, 0.1) is 0 Å². The van der Waals surface area contributed by atoms with Gasteiger partial charge in [-0.2, -0.15) is 0 Å². The number of nitrogens with zero attached hydrogens (tertiary/aromatic N) is 1. The Kier molecular flexibility index (Phi) is 5.11. The fourth-order valence-corrected chi connectivity index (χ4v) is 3.04. The second-order valence-electron chi connectivity index (χ2n) is 6.26. The van der Waals surface area contributed by atoms with Gasteiger partial charge in [0.05, 0.1) is 12.5 Å². The Hall–Kier alpha value is -2.40. The van der Waals surface area contributed by atoms with E-state index in [0.29, 0.717) is 13.0 Å². The molecule has 1 saturated heterocycles. The lowest BCUT2D eigenvalue weighted by Crippen LogP contribution is -2.41. The molecule has 5 nitrogen and oxygen atoms in total.